The van der Waals surface area contributed by atoms with Crippen molar-refractivity contribution in [3.05, 3.63) is 22.4 Å². The fraction of sp³-hybridized carbons (Fsp3) is 0.750. The van der Waals surface area contributed by atoms with Gasteiger partial charge in [0.2, 0.25) is 0 Å². The van der Waals surface area contributed by atoms with Gasteiger partial charge in [-0.1, -0.05) is 25.3 Å². The molecule has 1 aromatic heterocycles. The number of hydrogen-bond acceptors (Lipinski definition) is 3. The minimum absolute atomic E-state index is 0.591. The summed E-state index contributed by atoms with van der Waals surface area (Å²) in [4.78, 5) is 4.20. The quantitative estimate of drug-likeness (QED) is 0.907. The van der Waals surface area contributed by atoms with Crippen LogP contribution in [-0.4, -0.2) is 30.6 Å². The van der Waals surface area contributed by atoms with Gasteiger partial charge in [0.05, 0.1) is 0 Å². The Labute approximate surface area is 121 Å². The van der Waals surface area contributed by atoms with Gasteiger partial charge >= 0.3 is 0 Å². The summed E-state index contributed by atoms with van der Waals surface area (Å²) in [7, 11) is 0. The molecular formula is C16H26N2S. The van der Waals surface area contributed by atoms with Gasteiger partial charge < -0.3 is 5.32 Å². The van der Waals surface area contributed by atoms with Crippen LogP contribution in [0.5, 0.6) is 0 Å². The Morgan fingerprint density at radius 1 is 1.32 bits per heavy atom. The second-order valence-corrected chi connectivity index (χ2v) is 7.12. The second kappa shape index (κ2) is 6.38. The zero-order valence-corrected chi connectivity index (χ0v) is 12.8. The molecule has 0 radical (unpaired) electrons. The molecule has 1 saturated heterocycles. The zero-order chi connectivity index (χ0) is 13.1. The van der Waals surface area contributed by atoms with E-state index in [0.29, 0.717) is 6.04 Å². The van der Waals surface area contributed by atoms with Crippen molar-refractivity contribution in [3.63, 3.8) is 0 Å². The molecule has 0 amide bonds. The van der Waals surface area contributed by atoms with E-state index in [1.165, 1.54) is 50.1 Å². The Kier molecular flexibility index (Phi) is 4.57. The molecule has 2 atom stereocenters. The van der Waals surface area contributed by atoms with Crippen LogP contribution in [0, 0.1) is 5.92 Å². The summed E-state index contributed by atoms with van der Waals surface area (Å²) in [6.45, 7) is 5.97. The third-order valence-corrected chi connectivity index (χ3v) is 6.00. The van der Waals surface area contributed by atoms with Crippen LogP contribution in [0.25, 0.3) is 0 Å². The highest BCUT2D eigenvalue weighted by atomic mass is 32.1. The van der Waals surface area contributed by atoms with E-state index in [1.807, 2.05) is 11.3 Å². The number of piperazine rings is 1. The maximum absolute atomic E-state index is 3.78. The summed E-state index contributed by atoms with van der Waals surface area (Å²) >= 11 is 1.90. The molecule has 0 aromatic carbocycles. The van der Waals surface area contributed by atoms with Crippen molar-refractivity contribution in [1.29, 1.82) is 0 Å². The fourth-order valence-electron chi connectivity index (χ4n) is 3.72. The number of nitrogens with one attached hydrogen (secondary N) is 1. The van der Waals surface area contributed by atoms with Crippen molar-refractivity contribution in [1.82, 2.24) is 10.2 Å². The van der Waals surface area contributed by atoms with Crippen LogP contribution >= 0.6 is 11.3 Å². The minimum atomic E-state index is 0.591. The Morgan fingerprint density at radius 3 is 2.89 bits per heavy atom. The van der Waals surface area contributed by atoms with E-state index in [9.17, 15) is 0 Å². The lowest BCUT2D eigenvalue weighted by Crippen LogP contribution is -2.54. The lowest BCUT2D eigenvalue weighted by Gasteiger charge is -2.41. The molecule has 19 heavy (non-hydrogen) atoms. The van der Waals surface area contributed by atoms with Crippen molar-refractivity contribution in [2.75, 3.05) is 19.6 Å². The molecule has 3 heteroatoms. The third kappa shape index (κ3) is 3.21. The molecule has 2 aliphatic rings. The Balaban J connectivity index is 1.61. The molecule has 1 aromatic rings. The summed E-state index contributed by atoms with van der Waals surface area (Å²) in [5.74, 6) is 0.923. The molecule has 1 aliphatic heterocycles. The molecule has 1 saturated carbocycles. The van der Waals surface area contributed by atoms with Crippen molar-refractivity contribution >= 4 is 11.3 Å². The average Bonchev–Trinajstić information content (AvgIpc) is 3.02. The first-order valence-corrected chi connectivity index (χ1v) is 8.73. The van der Waals surface area contributed by atoms with Crippen LogP contribution in [0.4, 0.5) is 0 Å². The largest absolute Gasteiger partial charge is 0.311 e. The molecule has 1 N–H and O–H groups in total. The Morgan fingerprint density at radius 2 is 2.16 bits per heavy atom. The molecule has 2 nitrogen and oxygen atoms in total. The van der Waals surface area contributed by atoms with E-state index in [0.717, 1.165) is 18.5 Å². The van der Waals surface area contributed by atoms with E-state index in [1.54, 1.807) is 0 Å². The Hall–Kier alpha value is -0.380. The maximum Gasteiger partial charge on any atom is 0.0414 e. The second-order valence-electron chi connectivity index (χ2n) is 6.15. The van der Waals surface area contributed by atoms with Gasteiger partial charge in [0.15, 0.2) is 0 Å². The lowest BCUT2D eigenvalue weighted by atomic mass is 9.83. The van der Waals surface area contributed by atoms with E-state index in [2.05, 4.69) is 34.7 Å². The molecule has 0 spiro atoms. The van der Waals surface area contributed by atoms with E-state index < -0.39 is 0 Å². The van der Waals surface area contributed by atoms with Crippen molar-refractivity contribution in [2.24, 2.45) is 5.92 Å². The molecule has 0 bridgehead atoms. The zero-order valence-electron chi connectivity index (χ0n) is 12.0. The van der Waals surface area contributed by atoms with Gasteiger partial charge in [-0.3, -0.25) is 4.90 Å². The summed E-state index contributed by atoms with van der Waals surface area (Å²) in [5, 5.41) is 5.98. The summed E-state index contributed by atoms with van der Waals surface area (Å²) < 4.78 is 0. The van der Waals surface area contributed by atoms with Gasteiger partial charge in [-0.05, 0) is 37.1 Å². The smallest absolute Gasteiger partial charge is 0.0414 e. The minimum Gasteiger partial charge on any atom is -0.311 e. The van der Waals surface area contributed by atoms with Crippen LogP contribution in [0.15, 0.2) is 17.5 Å². The number of rotatable bonds is 3. The molecular weight excluding hydrogens is 252 g/mol. The highest BCUT2D eigenvalue weighted by Gasteiger charge is 2.30. The van der Waals surface area contributed by atoms with Crippen molar-refractivity contribution in [2.45, 2.75) is 51.1 Å². The predicted octanol–water partition coefficient (Wildman–Crippen LogP) is 3.66. The standard InChI is InChI=1S/C16H26N2S/c1-13(16-8-5-11-19-16)18-10-9-17-15(12-18)14-6-3-2-4-7-14/h5,8,11,13-15,17H,2-4,6-7,9-10,12H2,1H3. The highest BCUT2D eigenvalue weighted by molar-refractivity contribution is 7.10. The summed E-state index contributed by atoms with van der Waals surface area (Å²) in [6.07, 6.45) is 7.24. The average molecular weight is 278 g/mol. The SMILES string of the molecule is CC(c1cccs1)N1CCNC(C2CCCCC2)C1. The van der Waals surface area contributed by atoms with Crippen molar-refractivity contribution < 1.29 is 0 Å². The highest BCUT2D eigenvalue weighted by Crippen LogP contribution is 2.30. The molecule has 2 unspecified atom stereocenters. The van der Waals surface area contributed by atoms with Crippen LogP contribution in [0.1, 0.15) is 49.9 Å². The monoisotopic (exact) mass is 278 g/mol. The van der Waals surface area contributed by atoms with E-state index >= 15 is 0 Å². The van der Waals surface area contributed by atoms with Gasteiger partial charge in [-0.15, -0.1) is 11.3 Å². The number of thiophene rings is 1. The van der Waals surface area contributed by atoms with E-state index in [4.69, 9.17) is 0 Å². The first-order chi connectivity index (χ1) is 9.34. The molecule has 2 heterocycles. The van der Waals surface area contributed by atoms with E-state index in [-0.39, 0.29) is 0 Å². The normalized spacial score (nSPS) is 28.4. The van der Waals surface area contributed by atoms with Gasteiger partial charge in [-0.25, -0.2) is 0 Å². The summed E-state index contributed by atoms with van der Waals surface area (Å²) in [6, 6.07) is 5.79. The molecule has 106 valence electrons. The van der Waals surface area contributed by atoms with Crippen LogP contribution in [0.2, 0.25) is 0 Å². The first-order valence-electron chi connectivity index (χ1n) is 7.85. The maximum atomic E-state index is 3.78. The van der Waals surface area contributed by atoms with Crippen LogP contribution < -0.4 is 5.32 Å². The molecule has 3 rings (SSSR count). The van der Waals surface area contributed by atoms with Gasteiger partial charge in [-0.2, -0.15) is 0 Å². The van der Waals surface area contributed by atoms with Gasteiger partial charge in [0.25, 0.3) is 0 Å². The van der Waals surface area contributed by atoms with Crippen molar-refractivity contribution in [3.8, 4) is 0 Å². The number of hydrogen-bond donors (Lipinski definition) is 1. The lowest BCUT2D eigenvalue weighted by molar-refractivity contribution is 0.116. The van der Waals surface area contributed by atoms with Gasteiger partial charge in [0.1, 0.15) is 0 Å². The van der Waals surface area contributed by atoms with Crippen LogP contribution in [-0.2, 0) is 0 Å². The molecule has 1 aliphatic carbocycles. The van der Waals surface area contributed by atoms with Crippen LogP contribution in [0.3, 0.4) is 0 Å². The number of nitrogens with zero attached hydrogens (tertiary/aromatic N) is 1. The molecule has 2 fully saturated rings. The Bertz CT molecular complexity index is 370. The third-order valence-electron chi connectivity index (χ3n) is 4.96. The van der Waals surface area contributed by atoms with Gasteiger partial charge in [0, 0.05) is 36.6 Å². The fourth-order valence-corrected chi connectivity index (χ4v) is 4.53. The summed E-state index contributed by atoms with van der Waals surface area (Å²) in [5.41, 5.74) is 0. The first kappa shape index (κ1) is 13.6. The predicted molar refractivity (Wildman–Crippen MR) is 82.7 cm³/mol. The topological polar surface area (TPSA) is 15.3 Å².